The molecule has 70 valence electrons. The average Bonchev–Trinajstić information content (AvgIpc) is 2.28. The fraction of sp³-hybridized carbons (Fsp3) is 0.500. The molecule has 1 aromatic rings. The second-order valence-corrected chi connectivity index (χ2v) is 4.85. The molecule has 13 heavy (non-hydrogen) atoms. The summed E-state index contributed by atoms with van der Waals surface area (Å²) in [5, 5.41) is 0. The first-order valence-electron chi connectivity index (χ1n) is 4.16. The summed E-state index contributed by atoms with van der Waals surface area (Å²) in [6.45, 7) is 0. The monoisotopic (exact) mass is 259 g/mol. The molecule has 0 saturated heterocycles. The van der Waals surface area contributed by atoms with Gasteiger partial charge in [0.15, 0.2) is 4.73 Å². The second kappa shape index (κ2) is 3.84. The Balaban J connectivity index is 2.47. The van der Waals surface area contributed by atoms with E-state index in [-0.39, 0.29) is 0 Å². The third-order valence-corrected chi connectivity index (χ3v) is 3.42. The number of hydrogen-bond donors (Lipinski definition) is 1. The molecule has 0 radical (unpaired) electrons. The van der Waals surface area contributed by atoms with Gasteiger partial charge in [-0.2, -0.15) is 11.8 Å². The molecule has 2 heterocycles. The first-order chi connectivity index (χ1) is 6.27. The highest BCUT2D eigenvalue weighted by Gasteiger charge is 2.13. The lowest BCUT2D eigenvalue weighted by molar-refractivity contribution is 0.941. The molecular weight excluding hydrogens is 250 g/mol. The Hall–Kier alpha value is -0.290. The highest BCUT2D eigenvalue weighted by atomic mass is 79.9. The number of anilines is 1. The lowest BCUT2D eigenvalue weighted by Gasteiger charge is -2.06. The summed E-state index contributed by atoms with van der Waals surface area (Å²) < 4.78 is 0.607. The number of aromatic nitrogens is 2. The number of hydrogen-bond acceptors (Lipinski definition) is 4. The molecule has 1 aromatic heterocycles. The number of thioether (sulfide) groups is 1. The number of fused-ring (bicyclic) bond motifs is 1. The zero-order valence-corrected chi connectivity index (χ0v) is 9.49. The molecule has 2 N–H and O–H groups in total. The predicted octanol–water partition coefficient (Wildman–Crippen LogP) is 1.65. The minimum atomic E-state index is 0.607. The quantitative estimate of drug-likeness (QED) is 0.721. The smallest absolute Gasteiger partial charge is 0.198 e. The Morgan fingerprint density at radius 2 is 2.00 bits per heavy atom. The number of nitrogens with two attached hydrogens (primary N) is 1. The summed E-state index contributed by atoms with van der Waals surface area (Å²) in [7, 11) is 0. The molecule has 0 aromatic carbocycles. The van der Waals surface area contributed by atoms with E-state index in [1.54, 1.807) is 0 Å². The van der Waals surface area contributed by atoms with Crippen LogP contribution >= 0.6 is 27.7 Å². The maximum Gasteiger partial charge on any atom is 0.198 e. The number of rotatable bonds is 0. The summed E-state index contributed by atoms with van der Waals surface area (Å²) in [5.41, 5.74) is 8.08. The van der Waals surface area contributed by atoms with E-state index < -0.39 is 0 Å². The van der Waals surface area contributed by atoms with Crippen molar-refractivity contribution in [3.8, 4) is 0 Å². The highest BCUT2D eigenvalue weighted by molar-refractivity contribution is 9.10. The number of aryl methyl sites for hydroxylation is 1. The highest BCUT2D eigenvalue weighted by Crippen LogP contribution is 2.23. The van der Waals surface area contributed by atoms with Crippen LogP contribution < -0.4 is 5.73 Å². The molecule has 1 aliphatic heterocycles. The summed E-state index contributed by atoms with van der Waals surface area (Å²) in [4.78, 5) is 8.45. The minimum Gasteiger partial charge on any atom is -0.383 e. The van der Waals surface area contributed by atoms with Crippen molar-refractivity contribution in [2.45, 2.75) is 12.8 Å². The third-order valence-electron chi connectivity index (χ3n) is 2.08. The maximum atomic E-state index is 5.82. The summed E-state index contributed by atoms with van der Waals surface area (Å²) >= 11 is 5.21. The van der Waals surface area contributed by atoms with Crippen LogP contribution in [-0.4, -0.2) is 21.5 Å². The van der Waals surface area contributed by atoms with Gasteiger partial charge >= 0.3 is 0 Å². The van der Waals surface area contributed by atoms with Gasteiger partial charge in [0.05, 0.1) is 5.69 Å². The Bertz CT molecular complexity index is 329. The topological polar surface area (TPSA) is 51.8 Å². The molecule has 3 nitrogen and oxygen atoms in total. The largest absolute Gasteiger partial charge is 0.383 e. The van der Waals surface area contributed by atoms with Gasteiger partial charge in [-0.3, -0.25) is 0 Å². The summed E-state index contributed by atoms with van der Waals surface area (Å²) in [5.74, 6) is 2.90. The van der Waals surface area contributed by atoms with Crippen LogP contribution in [0, 0.1) is 0 Å². The van der Waals surface area contributed by atoms with E-state index in [9.17, 15) is 0 Å². The zero-order chi connectivity index (χ0) is 9.26. The van der Waals surface area contributed by atoms with Gasteiger partial charge < -0.3 is 5.73 Å². The van der Waals surface area contributed by atoms with Crippen LogP contribution in [-0.2, 0) is 12.8 Å². The van der Waals surface area contributed by atoms with Crippen molar-refractivity contribution in [1.29, 1.82) is 0 Å². The zero-order valence-electron chi connectivity index (χ0n) is 7.09. The van der Waals surface area contributed by atoms with Crippen molar-refractivity contribution in [3.05, 3.63) is 16.0 Å². The molecule has 2 rings (SSSR count). The predicted molar refractivity (Wildman–Crippen MR) is 58.9 cm³/mol. The van der Waals surface area contributed by atoms with Gasteiger partial charge in [-0.15, -0.1) is 0 Å². The number of nitrogens with zero attached hydrogens (tertiary/aromatic N) is 2. The summed E-state index contributed by atoms with van der Waals surface area (Å²) in [6, 6.07) is 0. The molecule has 0 spiro atoms. The van der Waals surface area contributed by atoms with Gasteiger partial charge in [-0.05, 0) is 40.3 Å². The Labute approximate surface area is 89.7 Å². The van der Waals surface area contributed by atoms with E-state index in [1.807, 2.05) is 11.8 Å². The van der Waals surface area contributed by atoms with Crippen LogP contribution in [0.1, 0.15) is 11.3 Å². The molecule has 0 bridgehead atoms. The number of halogens is 1. The van der Waals surface area contributed by atoms with E-state index in [0.717, 1.165) is 35.6 Å². The van der Waals surface area contributed by atoms with E-state index in [0.29, 0.717) is 10.6 Å². The molecule has 0 aliphatic carbocycles. The fourth-order valence-electron chi connectivity index (χ4n) is 1.44. The van der Waals surface area contributed by atoms with Crippen molar-refractivity contribution < 1.29 is 0 Å². The molecule has 0 saturated carbocycles. The molecule has 0 atom stereocenters. The summed E-state index contributed by atoms with van der Waals surface area (Å²) in [6.07, 6.45) is 2.00. The van der Waals surface area contributed by atoms with Crippen LogP contribution in [0.15, 0.2) is 4.73 Å². The number of nitrogen functional groups attached to an aromatic ring is 1. The van der Waals surface area contributed by atoms with Crippen LogP contribution in [0.3, 0.4) is 0 Å². The Morgan fingerprint density at radius 3 is 2.85 bits per heavy atom. The molecular formula is C8H10BrN3S. The van der Waals surface area contributed by atoms with Gasteiger partial charge in [0.2, 0.25) is 0 Å². The second-order valence-electron chi connectivity index (χ2n) is 2.92. The lowest BCUT2D eigenvalue weighted by atomic mass is 10.1. The van der Waals surface area contributed by atoms with Gasteiger partial charge in [0.1, 0.15) is 5.82 Å². The van der Waals surface area contributed by atoms with Crippen molar-refractivity contribution in [3.63, 3.8) is 0 Å². The van der Waals surface area contributed by atoms with Crippen molar-refractivity contribution in [2.24, 2.45) is 0 Å². The minimum absolute atomic E-state index is 0.607. The van der Waals surface area contributed by atoms with Crippen molar-refractivity contribution >= 4 is 33.5 Å². The lowest BCUT2D eigenvalue weighted by Crippen LogP contribution is -2.05. The van der Waals surface area contributed by atoms with Gasteiger partial charge in [-0.1, -0.05) is 0 Å². The average molecular weight is 260 g/mol. The van der Waals surface area contributed by atoms with Crippen LogP contribution in [0.4, 0.5) is 5.82 Å². The SMILES string of the molecule is Nc1nc(Br)nc2c1CCSCC2. The standard InChI is InChI=1S/C8H10BrN3S/c9-8-11-6-2-4-13-3-1-5(6)7(10)12-8/h1-4H2,(H2,10,11,12). The van der Waals surface area contributed by atoms with E-state index in [2.05, 4.69) is 25.9 Å². The van der Waals surface area contributed by atoms with E-state index in [4.69, 9.17) is 5.73 Å². The first-order valence-corrected chi connectivity index (χ1v) is 6.10. The Kier molecular flexibility index (Phi) is 2.74. The Morgan fingerprint density at radius 1 is 1.23 bits per heavy atom. The molecule has 0 unspecified atom stereocenters. The molecule has 1 aliphatic rings. The molecule has 0 amide bonds. The third kappa shape index (κ3) is 1.96. The molecule has 0 fully saturated rings. The van der Waals surface area contributed by atoms with Crippen molar-refractivity contribution in [1.82, 2.24) is 9.97 Å². The van der Waals surface area contributed by atoms with Gasteiger partial charge in [0.25, 0.3) is 0 Å². The van der Waals surface area contributed by atoms with Crippen LogP contribution in [0.2, 0.25) is 0 Å². The molecule has 5 heteroatoms. The maximum absolute atomic E-state index is 5.82. The first kappa shape index (κ1) is 9.27. The van der Waals surface area contributed by atoms with Gasteiger partial charge in [-0.25, -0.2) is 9.97 Å². The van der Waals surface area contributed by atoms with E-state index >= 15 is 0 Å². The van der Waals surface area contributed by atoms with Gasteiger partial charge in [0, 0.05) is 5.56 Å². The van der Waals surface area contributed by atoms with Crippen LogP contribution in [0.5, 0.6) is 0 Å². The normalized spacial score (nSPS) is 16.4. The van der Waals surface area contributed by atoms with Crippen LogP contribution in [0.25, 0.3) is 0 Å². The fourth-order valence-corrected chi connectivity index (χ4v) is 2.74. The van der Waals surface area contributed by atoms with Crippen molar-refractivity contribution in [2.75, 3.05) is 17.2 Å². The van der Waals surface area contributed by atoms with E-state index in [1.165, 1.54) is 0 Å².